The van der Waals surface area contributed by atoms with Crippen molar-refractivity contribution in [2.24, 2.45) is 23.7 Å². The Morgan fingerprint density at radius 1 is 0.723 bits per heavy atom. The van der Waals surface area contributed by atoms with Crippen molar-refractivity contribution in [1.82, 2.24) is 5.32 Å². The largest absolute Gasteiger partial charge is 0.507 e. The fraction of sp³-hybridized carbons (Fsp3) is 0.471. The number of aliphatic hydroxyl groups excluding tert-OH is 6. The second-order valence-corrected chi connectivity index (χ2v) is 12.5. The number of rotatable bonds is 1. The molecule has 0 saturated carbocycles. The number of allylic oxidation sites excluding steroid dienone is 5. The molecular formula is C34H43NO12. The molecule has 2 aliphatic heterocycles. The van der Waals surface area contributed by atoms with E-state index in [-0.39, 0.29) is 16.7 Å². The van der Waals surface area contributed by atoms with Gasteiger partial charge in [0.15, 0.2) is 11.6 Å². The number of carbonyl (C=O) groups excluding carboxylic acids is 4. The molecule has 0 fully saturated rings. The highest BCUT2D eigenvalue weighted by Gasteiger charge is 2.40. The SMILES string of the molecule is C/C1=C\C(O)[C@H](O)[C@@H](C)[C@H](O)[C@H](C)[C@H](O)[C@H](C)[C@@H](O)[C@@H](C)/C=C/C=C(/CO)C(=O)NC2=CC(=O)c3c(c(O)c(C)c(O)c3C1=O)C2=O. The standard InChI is InChI=1S/C34H43NO12/c1-13-8-7-9-19(12-36)34(47)35-20-11-21(37)23-24(31(44)18(6)32(45)25(23)33(20)46)27(40)14(2)10-22(38)30(43)17(5)29(42)16(4)28(41)15(3)26(13)39/h7-11,13,15-17,22,26,28-30,36,38-39,41-45H,12H2,1-6H3,(H,35,47)/b8-7+,14-10+,19-9-/t13-,15+,16+,17-,22?,26-,28+,29+,30+/m0/s1. The van der Waals surface area contributed by atoms with Crippen LogP contribution in [0.25, 0.3) is 0 Å². The van der Waals surface area contributed by atoms with E-state index in [0.29, 0.717) is 6.08 Å². The summed E-state index contributed by atoms with van der Waals surface area (Å²) in [4.78, 5) is 53.5. The van der Waals surface area contributed by atoms with Gasteiger partial charge in [-0.15, -0.1) is 0 Å². The Morgan fingerprint density at radius 2 is 1.23 bits per heavy atom. The Balaban J connectivity index is 2.22. The van der Waals surface area contributed by atoms with E-state index in [2.05, 4.69) is 5.32 Å². The summed E-state index contributed by atoms with van der Waals surface area (Å²) in [6.45, 7) is 7.74. The van der Waals surface area contributed by atoms with Crippen molar-refractivity contribution >= 4 is 23.3 Å². The topological polar surface area (TPSA) is 242 Å². The molecule has 256 valence electrons. The van der Waals surface area contributed by atoms with E-state index < -0.39 is 118 Å². The number of carbonyl (C=O) groups is 4. The van der Waals surface area contributed by atoms with Gasteiger partial charge in [0.1, 0.15) is 11.5 Å². The Hall–Kier alpha value is -3.98. The molecule has 1 unspecified atom stereocenters. The minimum atomic E-state index is -1.76. The van der Waals surface area contributed by atoms with Crippen LogP contribution in [0.5, 0.6) is 11.5 Å². The van der Waals surface area contributed by atoms with Gasteiger partial charge >= 0.3 is 0 Å². The lowest BCUT2D eigenvalue weighted by Crippen LogP contribution is -2.46. The van der Waals surface area contributed by atoms with Gasteiger partial charge in [-0.25, -0.2) is 0 Å². The van der Waals surface area contributed by atoms with Crippen LogP contribution in [0.1, 0.15) is 71.3 Å². The average molecular weight is 658 g/mol. The van der Waals surface area contributed by atoms with E-state index in [1.165, 1.54) is 45.9 Å². The Morgan fingerprint density at radius 3 is 1.79 bits per heavy atom. The van der Waals surface area contributed by atoms with Gasteiger partial charge in [0.2, 0.25) is 5.78 Å². The van der Waals surface area contributed by atoms with E-state index in [1.807, 2.05) is 0 Å². The van der Waals surface area contributed by atoms with Crippen molar-refractivity contribution in [2.75, 3.05) is 6.61 Å². The van der Waals surface area contributed by atoms with Crippen LogP contribution in [0.2, 0.25) is 0 Å². The van der Waals surface area contributed by atoms with Crippen LogP contribution in [-0.4, -0.2) is 101 Å². The fourth-order valence-electron chi connectivity index (χ4n) is 5.88. The van der Waals surface area contributed by atoms with Crippen LogP contribution in [0.15, 0.2) is 47.2 Å². The first-order valence-corrected chi connectivity index (χ1v) is 15.2. The number of phenols is 2. The molecule has 13 heteroatoms. The average Bonchev–Trinajstić information content (AvgIpc) is 3.04. The molecule has 9 N–H and O–H groups in total. The molecule has 0 saturated heterocycles. The number of phenolic OH excluding ortho intramolecular Hbond substituents is 2. The highest BCUT2D eigenvalue weighted by Crippen LogP contribution is 2.41. The summed E-state index contributed by atoms with van der Waals surface area (Å²) in [6, 6.07) is 0. The van der Waals surface area contributed by atoms with Crippen molar-refractivity contribution in [2.45, 2.75) is 72.1 Å². The number of hydrogen-bond acceptors (Lipinski definition) is 12. The Labute approximate surface area is 271 Å². The summed E-state index contributed by atoms with van der Waals surface area (Å²) >= 11 is 0. The third-order valence-electron chi connectivity index (χ3n) is 9.23. The van der Waals surface area contributed by atoms with Crippen LogP contribution < -0.4 is 5.32 Å². The second-order valence-electron chi connectivity index (χ2n) is 12.5. The number of ketones is 3. The smallest absolute Gasteiger partial charge is 0.254 e. The maximum Gasteiger partial charge on any atom is 0.254 e. The summed E-state index contributed by atoms with van der Waals surface area (Å²) in [7, 11) is 0. The first-order valence-electron chi connectivity index (χ1n) is 15.2. The van der Waals surface area contributed by atoms with Gasteiger partial charge in [-0.3, -0.25) is 19.2 Å². The summed E-state index contributed by atoms with van der Waals surface area (Å²) in [6.07, 6.45) is -1.50. The molecule has 0 spiro atoms. The maximum absolute atomic E-state index is 13.6. The predicted molar refractivity (Wildman–Crippen MR) is 168 cm³/mol. The third kappa shape index (κ3) is 7.30. The Kier molecular flexibility index (Phi) is 11.8. The molecule has 13 nitrogen and oxygen atoms in total. The number of Topliss-reactive ketones (excluding diaryl/α,β-unsaturated/α-hetero) is 2. The zero-order chi connectivity index (χ0) is 35.7. The molecule has 0 radical (unpaired) electrons. The van der Waals surface area contributed by atoms with Crippen molar-refractivity contribution in [3.05, 3.63) is 69.5 Å². The number of hydrogen-bond donors (Lipinski definition) is 9. The van der Waals surface area contributed by atoms with Crippen LogP contribution in [0.4, 0.5) is 0 Å². The normalized spacial score (nSPS) is 34.6. The van der Waals surface area contributed by atoms with Crippen LogP contribution in [0, 0.1) is 30.6 Å². The lowest BCUT2D eigenvalue weighted by atomic mass is 9.78. The van der Waals surface area contributed by atoms with Crippen molar-refractivity contribution in [1.29, 1.82) is 0 Å². The molecule has 47 heavy (non-hydrogen) atoms. The lowest BCUT2D eigenvalue weighted by molar-refractivity contribution is -0.117. The molecule has 0 aromatic heterocycles. The first-order chi connectivity index (χ1) is 21.9. The summed E-state index contributed by atoms with van der Waals surface area (Å²) < 4.78 is 0. The highest BCUT2D eigenvalue weighted by molar-refractivity contribution is 6.31. The summed E-state index contributed by atoms with van der Waals surface area (Å²) in [5, 5.41) is 88.4. The Bertz CT molecular complexity index is 1570. The number of benzene rings is 1. The van der Waals surface area contributed by atoms with Gasteiger partial charge in [0.25, 0.3) is 5.91 Å². The van der Waals surface area contributed by atoms with E-state index in [1.54, 1.807) is 13.8 Å². The van der Waals surface area contributed by atoms with Gasteiger partial charge in [-0.1, -0.05) is 45.9 Å². The van der Waals surface area contributed by atoms with Gasteiger partial charge < -0.3 is 46.2 Å². The number of amides is 1. The maximum atomic E-state index is 13.6. The number of fused-ring (bicyclic) bond motifs is 15. The molecule has 4 bridgehead atoms. The van der Waals surface area contributed by atoms with Crippen LogP contribution >= 0.6 is 0 Å². The van der Waals surface area contributed by atoms with E-state index in [4.69, 9.17) is 0 Å². The van der Waals surface area contributed by atoms with Crippen molar-refractivity contribution < 1.29 is 60.0 Å². The first kappa shape index (κ1) is 37.5. The quantitative estimate of drug-likeness (QED) is 0.203. The molecule has 2 heterocycles. The zero-order valence-electron chi connectivity index (χ0n) is 27.0. The lowest BCUT2D eigenvalue weighted by Gasteiger charge is -2.36. The predicted octanol–water partition coefficient (Wildman–Crippen LogP) is 0.752. The van der Waals surface area contributed by atoms with Gasteiger partial charge in [0.05, 0.1) is 59.5 Å². The van der Waals surface area contributed by atoms with E-state index in [0.717, 1.165) is 6.08 Å². The van der Waals surface area contributed by atoms with Crippen LogP contribution in [-0.2, 0) is 4.79 Å². The number of nitrogens with one attached hydrogen (secondary N) is 1. The van der Waals surface area contributed by atoms with E-state index in [9.17, 15) is 60.0 Å². The molecule has 1 aromatic rings. The van der Waals surface area contributed by atoms with E-state index >= 15 is 0 Å². The van der Waals surface area contributed by atoms with Crippen molar-refractivity contribution in [3.8, 4) is 11.5 Å². The third-order valence-corrected chi connectivity index (χ3v) is 9.23. The second kappa shape index (κ2) is 14.8. The van der Waals surface area contributed by atoms with Gasteiger partial charge in [-0.2, -0.15) is 0 Å². The molecular weight excluding hydrogens is 614 g/mol. The zero-order valence-corrected chi connectivity index (χ0v) is 27.0. The molecule has 1 aromatic carbocycles. The van der Waals surface area contributed by atoms with Gasteiger partial charge in [0, 0.05) is 40.9 Å². The van der Waals surface area contributed by atoms with Crippen molar-refractivity contribution in [3.63, 3.8) is 0 Å². The minimum absolute atomic E-state index is 0.244. The van der Waals surface area contributed by atoms with Gasteiger partial charge in [-0.05, 0) is 25.5 Å². The number of aromatic hydroxyl groups is 2. The highest BCUT2D eigenvalue weighted by atomic mass is 16.3. The fourth-order valence-corrected chi connectivity index (χ4v) is 5.88. The summed E-state index contributed by atoms with van der Waals surface area (Å²) in [5.41, 5.74) is -3.37. The summed E-state index contributed by atoms with van der Waals surface area (Å²) in [5.74, 6) is -9.08. The molecule has 9 atom stereocenters. The molecule has 1 aliphatic carbocycles. The molecule has 4 rings (SSSR count). The van der Waals surface area contributed by atoms with Crippen LogP contribution in [0.3, 0.4) is 0 Å². The minimum Gasteiger partial charge on any atom is -0.507 e. The molecule has 3 aliphatic rings. The number of aliphatic hydroxyl groups is 6. The molecule has 1 amide bonds. The monoisotopic (exact) mass is 657 g/mol.